The summed E-state index contributed by atoms with van der Waals surface area (Å²) in [5.41, 5.74) is 2.30. The van der Waals surface area contributed by atoms with E-state index in [2.05, 4.69) is 42.0 Å². The van der Waals surface area contributed by atoms with Crippen LogP contribution in [0.15, 0.2) is 18.5 Å². The molecule has 0 fully saturated rings. The van der Waals surface area contributed by atoms with Crippen LogP contribution in [0.25, 0.3) is 11.0 Å². The monoisotopic (exact) mass is 177 g/mol. The zero-order chi connectivity index (χ0) is 9.47. The fourth-order valence-electron chi connectivity index (χ4n) is 1.50. The second-order valence-electron chi connectivity index (χ2n) is 4.24. The van der Waals surface area contributed by atoms with Crippen LogP contribution in [0.3, 0.4) is 0 Å². The number of nitrogens with one attached hydrogen (secondary N) is 1. The number of nitrogens with zero attached hydrogens (tertiary/aromatic N) is 2. The highest BCUT2D eigenvalue weighted by molar-refractivity contribution is 5.78. The van der Waals surface area contributed by atoms with E-state index in [1.807, 2.05) is 12.4 Å². The van der Waals surface area contributed by atoms with Gasteiger partial charge < -0.3 is 0 Å². The number of aromatic amines is 1. The summed E-state index contributed by atoms with van der Waals surface area (Å²) in [6.45, 7) is 6.57. The van der Waals surface area contributed by atoms with E-state index in [0.29, 0.717) is 0 Å². The van der Waals surface area contributed by atoms with Gasteiger partial charge in [-0.2, -0.15) is 5.10 Å². The summed E-state index contributed by atoms with van der Waals surface area (Å²) in [6, 6.07) is 2.05. The molecule has 3 nitrogen and oxygen atoms in total. The smallest absolute Gasteiger partial charge is 0.155 e. The highest BCUT2D eigenvalue weighted by atomic mass is 15.1. The lowest BCUT2D eigenvalue weighted by molar-refractivity contribution is 0.595. The van der Waals surface area contributed by atoms with E-state index in [9.17, 15) is 0 Å². The molecule has 2 heterocycles. The highest BCUT2D eigenvalue weighted by Crippen LogP contribution is 2.27. The maximum Gasteiger partial charge on any atom is 0.155 e. The average molecular weight is 177 g/mol. The van der Waals surface area contributed by atoms with E-state index in [1.54, 1.807) is 0 Å². The van der Waals surface area contributed by atoms with E-state index < -0.39 is 0 Å². The Hall–Kier alpha value is -1.38. The van der Waals surface area contributed by atoms with Crippen molar-refractivity contribution >= 4 is 11.0 Å². The minimum Gasteiger partial charge on any atom is -0.261 e. The van der Waals surface area contributed by atoms with E-state index in [-0.39, 0.29) is 6.84 Å². The second-order valence-corrected chi connectivity index (χ2v) is 4.24. The molecule has 2 rings (SSSR count). The molecule has 2 aromatic rings. The Morgan fingerprint density at radius 2 is 2.15 bits per heavy atom. The van der Waals surface area contributed by atoms with Crippen molar-refractivity contribution in [2.45, 2.75) is 26.2 Å². The van der Waals surface area contributed by atoms with Crippen molar-refractivity contribution in [3.63, 3.8) is 0 Å². The Labute approximate surface area is 78.7 Å². The van der Waals surface area contributed by atoms with Crippen molar-refractivity contribution in [3.8, 4) is 0 Å². The van der Waals surface area contributed by atoms with Gasteiger partial charge in [0, 0.05) is 13.0 Å². The van der Waals surface area contributed by atoms with Gasteiger partial charge >= 0.3 is 0 Å². The fraction of sp³-hybridized carbons (Fsp3) is 0.400. The number of hydrogen-bond donors (Lipinski definition) is 1. The quantitative estimate of drug-likeness (QED) is 0.671. The molecule has 0 bridgehead atoms. The highest BCUT2D eigenvalue weighted by Gasteiger charge is 2.17. The number of rotatable bonds is 0. The second kappa shape index (κ2) is 2.55. The lowest BCUT2D eigenvalue weighted by Crippen LogP contribution is -2.11. The molecular formula is C10H15N3. The Kier molecular flexibility index (Phi) is 1.62. The summed E-state index contributed by atoms with van der Waals surface area (Å²) in [6.07, 6.45) is 3.66. The average Bonchev–Trinajstić information content (AvgIpc) is 2.48. The minimum absolute atomic E-state index is 0. The van der Waals surface area contributed by atoms with E-state index in [0.717, 1.165) is 11.0 Å². The number of pyridine rings is 1. The third kappa shape index (κ3) is 1.30. The van der Waals surface area contributed by atoms with Crippen molar-refractivity contribution in [3.05, 3.63) is 24.0 Å². The number of fused-ring (bicyclic) bond motifs is 1. The van der Waals surface area contributed by atoms with E-state index >= 15 is 0 Å². The first-order valence-electron chi connectivity index (χ1n) is 4.37. The van der Waals surface area contributed by atoms with Crippen molar-refractivity contribution in [1.82, 2.24) is 15.2 Å². The van der Waals surface area contributed by atoms with Crippen LogP contribution in [0.1, 0.15) is 27.8 Å². The van der Waals surface area contributed by atoms with Gasteiger partial charge in [0.05, 0.1) is 6.20 Å². The van der Waals surface area contributed by atoms with Gasteiger partial charge in [-0.05, 0) is 17.0 Å². The van der Waals surface area contributed by atoms with Crippen LogP contribution in [0, 0.1) is 0 Å². The van der Waals surface area contributed by atoms with Crippen LogP contribution >= 0.6 is 0 Å². The summed E-state index contributed by atoms with van der Waals surface area (Å²) in [7, 11) is 0. The van der Waals surface area contributed by atoms with Gasteiger partial charge in [0.1, 0.15) is 0 Å². The third-order valence-corrected chi connectivity index (χ3v) is 2.16. The molecule has 0 spiro atoms. The molecule has 0 amide bonds. The van der Waals surface area contributed by atoms with Gasteiger partial charge in [-0.3, -0.25) is 5.10 Å². The van der Waals surface area contributed by atoms with Crippen LogP contribution in [-0.2, 0) is 5.41 Å². The molecule has 0 aliphatic rings. The molecule has 0 aliphatic heterocycles. The Bertz CT molecular complexity index is 428. The molecule has 2 aromatic heterocycles. The Balaban J connectivity index is 0.000000980. The molecule has 70 valence electrons. The number of aromatic nitrogens is 3. The van der Waals surface area contributed by atoms with Gasteiger partial charge in [-0.25, -0.2) is 4.98 Å². The Morgan fingerprint density at radius 3 is 2.85 bits per heavy atom. The van der Waals surface area contributed by atoms with Crippen LogP contribution in [-0.4, -0.2) is 15.2 Å². The molecule has 13 heavy (non-hydrogen) atoms. The standard InChI is InChI=1S/C10H13N3.H2/c1-10(2,3)8-4-5-11-9-7(8)6-12-13-9;/h4-6H,1-3H3,(H,11,12,13);1H. The first-order valence-corrected chi connectivity index (χ1v) is 4.37. The normalized spacial score (nSPS) is 12.2. The molecule has 1 N–H and O–H groups in total. The van der Waals surface area contributed by atoms with Crippen molar-refractivity contribution in [1.29, 1.82) is 0 Å². The van der Waals surface area contributed by atoms with Crippen LogP contribution in [0.5, 0.6) is 0 Å². The first-order chi connectivity index (χ1) is 6.09. The van der Waals surface area contributed by atoms with Gasteiger partial charge in [0.25, 0.3) is 0 Å². The number of hydrogen-bond acceptors (Lipinski definition) is 2. The maximum atomic E-state index is 4.20. The van der Waals surface area contributed by atoms with Crippen molar-refractivity contribution < 1.29 is 1.43 Å². The van der Waals surface area contributed by atoms with Crippen LogP contribution in [0.2, 0.25) is 0 Å². The summed E-state index contributed by atoms with van der Waals surface area (Å²) >= 11 is 0. The van der Waals surface area contributed by atoms with E-state index in [4.69, 9.17) is 0 Å². The van der Waals surface area contributed by atoms with Gasteiger partial charge in [-0.15, -0.1) is 0 Å². The first kappa shape index (κ1) is 8.23. The number of H-pyrrole nitrogens is 1. The predicted octanol–water partition coefficient (Wildman–Crippen LogP) is 2.50. The summed E-state index contributed by atoms with van der Waals surface area (Å²) in [5, 5.41) is 7.98. The lowest BCUT2D eigenvalue weighted by atomic mass is 9.86. The molecule has 0 aromatic carbocycles. The fourth-order valence-corrected chi connectivity index (χ4v) is 1.50. The molecule has 0 unspecified atom stereocenters. The zero-order valence-corrected chi connectivity index (χ0v) is 8.13. The molecule has 0 saturated heterocycles. The van der Waals surface area contributed by atoms with E-state index in [1.165, 1.54) is 5.56 Å². The van der Waals surface area contributed by atoms with Crippen LogP contribution in [0.4, 0.5) is 0 Å². The van der Waals surface area contributed by atoms with Gasteiger partial charge in [-0.1, -0.05) is 20.8 Å². The van der Waals surface area contributed by atoms with Crippen LogP contribution < -0.4 is 0 Å². The Morgan fingerprint density at radius 1 is 1.38 bits per heavy atom. The molecule has 0 saturated carbocycles. The maximum absolute atomic E-state index is 4.20. The predicted molar refractivity (Wildman–Crippen MR) is 54.7 cm³/mol. The summed E-state index contributed by atoms with van der Waals surface area (Å²) < 4.78 is 0. The molecular weight excluding hydrogens is 162 g/mol. The largest absolute Gasteiger partial charge is 0.261 e. The third-order valence-electron chi connectivity index (χ3n) is 2.16. The summed E-state index contributed by atoms with van der Waals surface area (Å²) in [5.74, 6) is 0. The zero-order valence-electron chi connectivity index (χ0n) is 8.13. The molecule has 0 aliphatic carbocycles. The molecule has 3 heteroatoms. The molecule has 0 radical (unpaired) electrons. The van der Waals surface area contributed by atoms with Crippen molar-refractivity contribution in [2.75, 3.05) is 0 Å². The minimum atomic E-state index is 0. The summed E-state index contributed by atoms with van der Waals surface area (Å²) in [4.78, 5) is 4.20. The molecule has 0 atom stereocenters. The van der Waals surface area contributed by atoms with Gasteiger partial charge in [0.2, 0.25) is 0 Å². The lowest BCUT2D eigenvalue weighted by Gasteiger charge is -2.19. The van der Waals surface area contributed by atoms with Crippen molar-refractivity contribution in [2.24, 2.45) is 0 Å². The SMILES string of the molecule is CC(C)(C)c1ccnc2[nH]ncc12.[HH]. The van der Waals surface area contributed by atoms with Gasteiger partial charge in [0.15, 0.2) is 5.65 Å². The topological polar surface area (TPSA) is 41.6 Å².